The molecular formula is C19H26N4O2S. The van der Waals surface area contributed by atoms with E-state index in [2.05, 4.69) is 38.4 Å². The highest BCUT2D eigenvalue weighted by atomic mass is 32.1. The van der Waals surface area contributed by atoms with Crippen LogP contribution in [0, 0.1) is 22.0 Å². The molecule has 1 saturated carbocycles. The average Bonchev–Trinajstić information content (AvgIpc) is 3.08. The molecule has 6 nitrogen and oxygen atoms in total. The number of nitrogens with zero attached hydrogens (tertiary/aromatic N) is 4. The molecule has 1 aromatic heterocycles. The second-order valence-electron chi connectivity index (χ2n) is 7.61. The lowest BCUT2D eigenvalue weighted by molar-refractivity contribution is -0.490. The van der Waals surface area contributed by atoms with E-state index in [0.29, 0.717) is 5.92 Å². The van der Waals surface area contributed by atoms with Gasteiger partial charge in [-0.3, -0.25) is 15.0 Å². The zero-order chi connectivity index (χ0) is 17.9. The van der Waals surface area contributed by atoms with Crippen LogP contribution in [0.1, 0.15) is 25.7 Å². The van der Waals surface area contributed by atoms with Crippen molar-refractivity contribution in [1.29, 1.82) is 0 Å². The first-order valence-corrected chi connectivity index (χ1v) is 10.4. The Morgan fingerprint density at radius 1 is 1.12 bits per heavy atom. The third-order valence-electron chi connectivity index (χ3n) is 5.97. The van der Waals surface area contributed by atoms with Crippen LogP contribution in [-0.4, -0.2) is 53.5 Å². The van der Waals surface area contributed by atoms with Gasteiger partial charge in [0.25, 0.3) is 0 Å². The number of fused-ring (bicyclic) bond motifs is 1. The molecule has 2 fully saturated rings. The SMILES string of the molecule is O=[N+]([O-])C[C@@H]1CCCC[C@H]1CN1CCN(c2nsc3ccccc23)CC1. The highest BCUT2D eigenvalue weighted by Crippen LogP contribution is 2.32. The number of rotatable bonds is 5. The summed E-state index contributed by atoms with van der Waals surface area (Å²) in [5, 5.41) is 12.2. The van der Waals surface area contributed by atoms with Crippen LogP contribution in [0.15, 0.2) is 24.3 Å². The number of aromatic nitrogens is 1. The minimum atomic E-state index is -0.117. The van der Waals surface area contributed by atoms with Crippen LogP contribution in [0.3, 0.4) is 0 Å². The summed E-state index contributed by atoms with van der Waals surface area (Å²) >= 11 is 1.57. The van der Waals surface area contributed by atoms with Gasteiger partial charge in [0, 0.05) is 49.0 Å². The van der Waals surface area contributed by atoms with Gasteiger partial charge < -0.3 is 4.90 Å². The van der Waals surface area contributed by atoms with Crippen molar-refractivity contribution < 1.29 is 4.92 Å². The summed E-state index contributed by atoms with van der Waals surface area (Å²) in [6.45, 7) is 5.18. The summed E-state index contributed by atoms with van der Waals surface area (Å²) in [6.07, 6.45) is 4.55. The fourth-order valence-corrected chi connectivity index (χ4v) is 5.33. The maximum Gasteiger partial charge on any atom is 0.206 e. The van der Waals surface area contributed by atoms with E-state index in [9.17, 15) is 10.1 Å². The molecular weight excluding hydrogens is 348 g/mol. The van der Waals surface area contributed by atoms with E-state index < -0.39 is 0 Å². The molecule has 2 aromatic rings. The van der Waals surface area contributed by atoms with Gasteiger partial charge in [-0.15, -0.1) is 0 Å². The van der Waals surface area contributed by atoms with E-state index in [1.165, 1.54) is 16.5 Å². The van der Waals surface area contributed by atoms with Gasteiger partial charge in [0.2, 0.25) is 6.54 Å². The summed E-state index contributed by atoms with van der Waals surface area (Å²) < 4.78 is 5.92. The summed E-state index contributed by atoms with van der Waals surface area (Å²) in [6, 6.07) is 8.43. The molecule has 0 N–H and O–H groups in total. The van der Waals surface area contributed by atoms with Gasteiger partial charge in [-0.1, -0.05) is 25.0 Å². The highest BCUT2D eigenvalue weighted by Gasteiger charge is 2.31. The monoisotopic (exact) mass is 374 g/mol. The van der Waals surface area contributed by atoms with Crippen molar-refractivity contribution in [2.75, 3.05) is 44.2 Å². The molecule has 1 aliphatic carbocycles. The molecule has 2 atom stereocenters. The Hall–Kier alpha value is -1.73. The topological polar surface area (TPSA) is 62.5 Å². The fraction of sp³-hybridized carbons (Fsp3) is 0.632. The average molecular weight is 375 g/mol. The predicted octanol–water partition coefficient (Wildman–Crippen LogP) is 3.50. The molecule has 140 valence electrons. The minimum Gasteiger partial charge on any atom is -0.353 e. The summed E-state index contributed by atoms with van der Waals surface area (Å²) in [5.41, 5.74) is 0. The quantitative estimate of drug-likeness (QED) is 0.592. The van der Waals surface area contributed by atoms with E-state index in [1.54, 1.807) is 11.5 Å². The lowest BCUT2D eigenvalue weighted by Gasteiger charge is -2.39. The van der Waals surface area contributed by atoms with Crippen LogP contribution in [0.2, 0.25) is 0 Å². The van der Waals surface area contributed by atoms with Crippen molar-refractivity contribution in [3.63, 3.8) is 0 Å². The largest absolute Gasteiger partial charge is 0.353 e. The highest BCUT2D eigenvalue weighted by molar-refractivity contribution is 7.13. The number of anilines is 1. The Kier molecular flexibility index (Phi) is 5.36. The van der Waals surface area contributed by atoms with Crippen molar-refractivity contribution in [1.82, 2.24) is 9.27 Å². The maximum absolute atomic E-state index is 11.0. The molecule has 0 radical (unpaired) electrons. The molecule has 7 heteroatoms. The molecule has 1 saturated heterocycles. The summed E-state index contributed by atoms with van der Waals surface area (Å²) in [7, 11) is 0. The third-order valence-corrected chi connectivity index (χ3v) is 6.79. The van der Waals surface area contributed by atoms with Crippen molar-refractivity contribution >= 4 is 27.4 Å². The first kappa shape index (κ1) is 17.7. The molecule has 1 aromatic carbocycles. The normalized spacial score (nSPS) is 24.8. The van der Waals surface area contributed by atoms with Crippen molar-refractivity contribution in [3.8, 4) is 0 Å². The molecule has 0 spiro atoms. The van der Waals surface area contributed by atoms with Crippen LogP contribution < -0.4 is 4.90 Å². The van der Waals surface area contributed by atoms with E-state index in [-0.39, 0.29) is 17.4 Å². The molecule has 2 heterocycles. The Bertz CT molecular complexity index is 757. The van der Waals surface area contributed by atoms with Gasteiger partial charge in [-0.05, 0) is 42.4 Å². The third kappa shape index (κ3) is 3.83. The van der Waals surface area contributed by atoms with Crippen molar-refractivity contribution in [2.45, 2.75) is 25.7 Å². The number of benzene rings is 1. The lowest BCUT2D eigenvalue weighted by Crippen LogP contribution is -2.49. The van der Waals surface area contributed by atoms with E-state index in [4.69, 9.17) is 0 Å². The Morgan fingerprint density at radius 3 is 2.62 bits per heavy atom. The van der Waals surface area contributed by atoms with Gasteiger partial charge in [0.05, 0.1) is 4.70 Å². The van der Waals surface area contributed by atoms with Gasteiger partial charge >= 0.3 is 0 Å². The Morgan fingerprint density at radius 2 is 1.85 bits per heavy atom. The summed E-state index contributed by atoms with van der Waals surface area (Å²) in [4.78, 5) is 15.8. The van der Waals surface area contributed by atoms with Gasteiger partial charge in [0.1, 0.15) is 5.82 Å². The number of hydrogen-bond donors (Lipinski definition) is 0. The van der Waals surface area contributed by atoms with E-state index in [0.717, 1.165) is 57.8 Å². The molecule has 1 aliphatic heterocycles. The Balaban J connectivity index is 1.35. The first-order valence-electron chi connectivity index (χ1n) is 9.64. The molecule has 26 heavy (non-hydrogen) atoms. The zero-order valence-electron chi connectivity index (χ0n) is 15.0. The number of piperazine rings is 1. The van der Waals surface area contributed by atoms with E-state index in [1.807, 2.05) is 0 Å². The van der Waals surface area contributed by atoms with Crippen LogP contribution in [0.4, 0.5) is 5.82 Å². The second kappa shape index (κ2) is 7.88. The summed E-state index contributed by atoms with van der Waals surface area (Å²) in [5.74, 6) is 1.87. The second-order valence-corrected chi connectivity index (χ2v) is 8.41. The van der Waals surface area contributed by atoms with Crippen LogP contribution in [-0.2, 0) is 0 Å². The number of nitro groups is 1. The zero-order valence-corrected chi connectivity index (χ0v) is 15.9. The van der Waals surface area contributed by atoms with Gasteiger partial charge in [-0.25, -0.2) is 0 Å². The van der Waals surface area contributed by atoms with Crippen LogP contribution in [0.5, 0.6) is 0 Å². The molecule has 0 unspecified atom stereocenters. The maximum atomic E-state index is 11.0. The standard InChI is InChI=1S/C19H26N4O2S/c24-23(25)14-16-6-2-1-5-15(16)13-21-9-11-22(12-10-21)19-17-7-3-4-8-18(17)26-20-19/h3-4,7-8,15-16H,1-2,5-6,9-14H2/t15-,16-/m0/s1. The van der Waals surface area contributed by atoms with Crippen LogP contribution in [0.25, 0.3) is 10.1 Å². The molecule has 0 bridgehead atoms. The van der Waals surface area contributed by atoms with E-state index >= 15 is 0 Å². The number of hydrogen-bond acceptors (Lipinski definition) is 6. The first-order chi connectivity index (χ1) is 12.7. The molecule has 2 aliphatic rings. The lowest BCUT2D eigenvalue weighted by atomic mass is 9.79. The molecule has 0 amide bonds. The fourth-order valence-electron chi connectivity index (χ4n) is 4.53. The van der Waals surface area contributed by atoms with Gasteiger partial charge in [-0.2, -0.15) is 4.37 Å². The predicted molar refractivity (Wildman–Crippen MR) is 106 cm³/mol. The smallest absolute Gasteiger partial charge is 0.206 e. The molecule has 4 rings (SSSR count). The minimum absolute atomic E-state index is 0.117. The van der Waals surface area contributed by atoms with Crippen molar-refractivity contribution in [2.24, 2.45) is 11.8 Å². The van der Waals surface area contributed by atoms with Gasteiger partial charge in [0.15, 0.2) is 0 Å². The van der Waals surface area contributed by atoms with Crippen molar-refractivity contribution in [3.05, 3.63) is 34.4 Å². The van der Waals surface area contributed by atoms with Crippen LogP contribution >= 0.6 is 11.5 Å². The Labute approximate surface area is 158 Å².